The van der Waals surface area contributed by atoms with Crippen molar-refractivity contribution in [3.63, 3.8) is 0 Å². The summed E-state index contributed by atoms with van der Waals surface area (Å²) in [6.07, 6.45) is -0.672. The number of anilines is 1. The number of hydrogen-bond donors (Lipinski definition) is 0. The number of alkyl halides is 1. The fourth-order valence-electron chi connectivity index (χ4n) is 6.27. The molecule has 3 aromatic carbocycles. The van der Waals surface area contributed by atoms with E-state index in [1.54, 1.807) is 24.3 Å². The van der Waals surface area contributed by atoms with Crippen LogP contribution in [-0.4, -0.2) is 90.3 Å². The van der Waals surface area contributed by atoms with E-state index in [-0.39, 0.29) is 55.9 Å². The number of benzene rings is 3. The Morgan fingerprint density at radius 2 is 1.89 bits per heavy atom. The zero-order valence-electron chi connectivity index (χ0n) is 24.5. The number of piperazine rings is 1. The predicted octanol–water partition coefficient (Wildman–Crippen LogP) is 6.08. The molecule has 2 fully saturated rings. The molecule has 2 aliphatic heterocycles. The molecule has 0 radical (unpaired) electrons. The van der Waals surface area contributed by atoms with Gasteiger partial charge in [-0.1, -0.05) is 54.6 Å². The molecule has 0 saturated carbocycles. The van der Waals surface area contributed by atoms with Crippen LogP contribution < -0.4 is 9.64 Å². The van der Waals surface area contributed by atoms with Gasteiger partial charge in [-0.2, -0.15) is 9.97 Å². The average Bonchev–Trinajstić information content (AvgIpc) is 3.36. The van der Waals surface area contributed by atoms with Gasteiger partial charge in [0.2, 0.25) is 6.54 Å². The SMILES string of the molecule is [C-]#[N+]C[C@H]1CN(c2nc(OC[C@@H]3C[C@@H](F)CN3C)nc3c(F)c(-c4cccc5cccc(Cl)c45)ccc23)CCN1C(=O)C(=C)F. The van der Waals surface area contributed by atoms with Crippen LogP contribution in [0.25, 0.3) is 37.6 Å². The van der Waals surface area contributed by atoms with Crippen molar-refractivity contribution >= 4 is 45.0 Å². The van der Waals surface area contributed by atoms with E-state index >= 15 is 4.39 Å². The minimum absolute atomic E-state index is 0.0112. The highest BCUT2D eigenvalue weighted by Gasteiger charge is 2.36. The second kappa shape index (κ2) is 12.5. The van der Waals surface area contributed by atoms with Gasteiger partial charge >= 0.3 is 6.01 Å². The van der Waals surface area contributed by atoms with Crippen LogP contribution >= 0.6 is 11.6 Å². The highest BCUT2D eigenvalue weighted by Crippen LogP contribution is 2.39. The van der Waals surface area contributed by atoms with Crippen molar-refractivity contribution in [1.29, 1.82) is 0 Å². The molecule has 6 rings (SSSR count). The molecule has 1 amide bonds. The van der Waals surface area contributed by atoms with E-state index in [2.05, 4.69) is 21.4 Å². The van der Waals surface area contributed by atoms with Gasteiger partial charge in [0.1, 0.15) is 30.2 Å². The smallest absolute Gasteiger partial charge is 0.319 e. The number of carbonyl (C=O) groups is 1. The van der Waals surface area contributed by atoms with E-state index < -0.39 is 29.8 Å². The lowest BCUT2D eigenvalue weighted by atomic mass is 9.96. The standard InChI is InChI=1S/C33H30ClF3N6O2/c1-19(35)32(44)43-13-12-42(17-23(43)15-38-2)31-26-11-10-25(24-8-4-6-20-7-5-9-27(34)28(20)24)29(37)30(26)39-33(40-31)45-18-22-14-21(36)16-41(22)3/h4-11,21-23H,1,12-18H2,3H3/t21-,22+,23+/m1/s1. The third-order valence-corrected chi connectivity index (χ3v) is 8.84. The zero-order valence-corrected chi connectivity index (χ0v) is 25.3. The molecule has 4 aromatic rings. The van der Waals surface area contributed by atoms with Crippen LogP contribution in [-0.2, 0) is 4.79 Å². The molecule has 1 aromatic heterocycles. The number of rotatable bonds is 7. The number of halogens is 4. The van der Waals surface area contributed by atoms with E-state index in [1.807, 2.05) is 41.1 Å². The van der Waals surface area contributed by atoms with Gasteiger partial charge in [-0.25, -0.2) is 19.7 Å². The Morgan fingerprint density at radius 3 is 2.60 bits per heavy atom. The molecule has 0 N–H and O–H groups in total. The van der Waals surface area contributed by atoms with E-state index in [4.69, 9.17) is 22.9 Å². The van der Waals surface area contributed by atoms with E-state index in [1.165, 1.54) is 4.90 Å². The van der Waals surface area contributed by atoms with Crippen LogP contribution in [0.15, 0.2) is 60.9 Å². The van der Waals surface area contributed by atoms with Crippen molar-refractivity contribution in [2.75, 3.05) is 51.3 Å². The highest BCUT2D eigenvalue weighted by molar-refractivity contribution is 6.36. The molecule has 0 unspecified atom stereocenters. The summed E-state index contributed by atoms with van der Waals surface area (Å²) >= 11 is 6.57. The summed E-state index contributed by atoms with van der Waals surface area (Å²) < 4.78 is 50.4. The van der Waals surface area contributed by atoms with Crippen LogP contribution in [0, 0.1) is 12.4 Å². The van der Waals surface area contributed by atoms with Gasteiger partial charge < -0.3 is 19.4 Å². The topological polar surface area (TPSA) is 66.2 Å². The molecule has 0 aliphatic carbocycles. The van der Waals surface area contributed by atoms with Crippen molar-refractivity contribution in [3.05, 3.63) is 83.2 Å². The first-order valence-corrected chi connectivity index (χ1v) is 14.9. The monoisotopic (exact) mass is 634 g/mol. The zero-order chi connectivity index (χ0) is 31.8. The fourth-order valence-corrected chi connectivity index (χ4v) is 6.55. The molecule has 0 bridgehead atoms. The largest absolute Gasteiger partial charge is 0.462 e. The first-order valence-electron chi connectivity index (χ1n) is 14.5. The van der Waals surface area contributed by atoms with Crippen LogP contribution in [0.2, 0.25) is 5.02 Å². The second-order valence-corrected chi connectivity index (χ2v) is 11.8. The van der Waals surface area contributed by atoms with E-state index in [9.17, 15) is 13.6 Å². The van der Waals surface area contributed by atoms with Gasteiger partial charge in [0, 0.05) is 53.6 Å². The second-order valence-electron chi connectivity index (χ2n) is 11.4. The van der Waals surface area contributed by atoms with Gasteiger partial charge in [0.05, 0.1) is 0 Å². The first-order chi connectivity index (χ1) is 21.7. The summed E-state index contributed by atoms with van der Waals surface area (Å²) in [6, 6.07) is 13.5. The lowest BCUT2D eigenvalue weighted by Crippen LogP contribution is -2.56. The summed E-state index contributed by atoms with van der Waals surface area (Å²) in [5.41, 5.74) is 0.893. The van der Waals surface area contributed by atoms with Gasteiger partial charge in [-0.05, 0) is 36.6 Å². The van der Waals surface area contributed by atoms with Crippen molar-refractivity contribution in [2.24, 2.45) is 0 Å². The number of ether oxygens (including phenoxy) is 1. The minimum Gasteiger partial charge on any atom is -0.462 e. The molecule has 12 heteroatoms. The van der Waals surface area contributed by atoms with Crippen LogP contribution in [0.5, 0.6) is 6.01 Å². The maximum Gasteiger partial charge on any atom is 0.319 e. The van der Waals surface area contributed by atoms with Gasteiger partial charge in [-0.3, -0.25) is 9.69 Å². The van der Waals surface area contributed by atoms with E-state index in [0.29, 0.717) is 40.1 Å². The summed E-state index contributed by atoms with van der Waals surface area (Å²) in [6.45, 7) is 11.3. The van der Waals surface area contributed by atoms with Crippen LogP contribution in [0.4, 0.5) is 19.0 Å². The highest BCUT2D eigenvalue weighted by atomic mass is 35.5. The molecule has 3 atom stereocenters. The fraction of sp³-hybridized carbons (Fsp3) is 0.333. The number of amides is 1. The maximum absolute atomic E-state index is 16.6. The lowest BCUT2D eigenvalue weighted by Gasteiger charge is -2.39. The summed E-state index contributed by atoms with van der Waals surface area (Å²) in [7, 11) is 1.81. The summed E-state index contributed by atoms with van der Waals surface area (Å²) in [5.74, 6) is -2.22. The van der Waals surface area contributed by atoms with Crippen molar-refractivity contribution in [1.82, 2.24) is 19.8 Å². The Hall–Kier alpha value is -4.40. The summed E-state index contributed by atoms with van der Waals surface area (Å²) in [5, 5.41) is 2.44. The molecule has 45 heavy (non-hydrogen) atoms. The van der Waals surface area contributed by atoms with Gasteiger partial charge in [0.15, 0.2) is 11.6 Å². The molecule has 0 spiro atoms. The maximum atomic E-state index is 16.6. The van der Waals surface area contributed by atoms with Crippen molar-refractivity contribution in [2.45, 2.75) is 24.7 Å². The summed E-state index contributed by atoms with van der Waals surface area (Å²) in [4.78, 5) is 30.1. The van der Waals surface area contributed by atoms with Crippen molar-refractivity contribution in [3.8, 4) is 17.1 Å². The van der Waals surface area contributed by atoms with Crippen LogP contribution in [0.1, 0.15) is 6.42 Å². The normalized spacial score (nSPS) is 20.5. The third-order valence-electron chi connectivity index (χ3n) is 8.53. The van der Waals surface area contributed by atoms with Crippen LogP contribution in [0.3, 0.4) is 0 Å². The quantitative estimate of drug-likeness (QED) is 0.181. The number of hydrogen-bond acceptors (Lipinski definition) is 6. The number of nitrogens with zero attached hydrogens (tertiary/aromatic N) is 6. The first kappa shape index (κ1) is 30.6. The van der Waals surface area contributed by atoms with Gasteiger partial charge in [0.25, 0.3) is 5.91 Å². The van der Waals surface area contributed by atoms with Gasteiger partial charge in [-0.15, -0.1) is 0 Å². The predicted molar refractivity (Wildman–Crippen MR) is 168 cm³/mol. The molecule has 8 nitrogen and oxygen atoms in total. The Bertz CT molecular complexity index is 1840. The Labute approximate surface area is 263 Å². The molecular weight excluding hydrogens is 605 g/mol. The third kappa shape index (κ3) is 5.88. The number of aromatic nitrogens is 2. The Morgan fingerprint density at radius 1 is 1.11 bits per heavy atom. The molecule has 3 heterocycles. The lowest BCUT2D eigenvalue weighted by molar-refractivity contribution is -0.131. The molecular formula is C33H30ClF3N6O2. The number of likely N-dealkylation sites (tertiary alicyclic amines) is 1. The van der Waals surface area contributed by atoms with E-state index in [0.717, 1.165) is 5.39 Å². The number of fused-ring (bicyclic) bond motifs is 2. The number of likely N-dealkylation sites (N-methyl/N-ethyl adjacent to an activating group) is 1. The molecule has 232 valence electrons. The number of carbonyl (C=O) groups excluding carboxylic acids is 1. The molecule has 2 saturated heterocycles. The molecule has 2 aliphatic rings. The average molecular weight is 635 g/mol. The Balaban J connectivity index is 1.45. The Kier molecular flexibility index (Phi) is 8.53. The van der Waals surface area contributed by atoms with Crippen molar-refractivity contribution < 1.29 is 22.7 Å². The minimum atomic E-state index is -1.10.